The lowest BCUT2D eigenvalue weighted by molar-refractivity contribution is 1.72. The number of halogens is 2. The van der Waals surface area contributed by atoms with Crippen molar-refractivity contribution < 1.29 is 0 Å². The lowest BCUT2D eigenvalue weighted by Crippen LogP contribution is -1.88. The molecule has 0 spiro atoms. The fourth-order valence-corrected chi connectivity index (χ4v) is 5.34. The quantitative estimate of drug-likeness (QED) is 0.188. The van der Waals surface area contributed by atoms with Crippen LogP contribution in [0, 0.1) is 0 Å². The lowest BCUT2D eigenvalue weighted by atomic mass is 9.87. The topological polar surface area (TPSA) is 0 Å². The van der Waals surface area contributed by atoms with Gasteiger partial charge in [-0.25, -0.2) is 0 Å². The maximum absolute atomic E-state index is 3.70. The summed E-state index contributed by atoms with van der Waals surface area (Å²) < 4.78 is 2.21. The van der Waals surface area contributed by atoms with Crippen LogP contribution in [-0.2, 0) is 0 Å². The highest BCUT2D eigenvalue weighted by molar-refractivity contribution is 9.10. The van der Waals surface area contributed by atoms with Gasteiger partial charge in [0.25, 0.3) is 0 Å². The molecule has 0 saturated carbocycles. The van der Waals surface area contributed by atoms with E-state index in [1.165, 1.54) is 53.9 Å². The van der Waals surface area contributed by atoms with Crippen molar-refractivity contribution in [3.05, 3.63) is 93.9 Å². The van der Waals surface area contributed by atoms with Crippen molar-refractivity contribution in [1.29, 1.82) is 0 Å². The Balaban J connectivity index is 2.12. The van der Waals surface area contributed by atoms with Crippen molar-refractivity contribution in [1.82, 2.24) is 0 Å². The third-order valence-electron chi connectivity index (χ3n) is 5.73. The molecule has 132 valence electrons. The highest BCUT2D eigenvalue weighted by Gasteiger charge is 2.15. The van der Waals surface area contributed by atoms with Crippen LogP contribution in [0.2, 0.25) is 0 Å². The van der Waals surface area contributed by atoms with E-state index in [-0.39, 0.29) is 0 Å². The van der Waals surface area contributed by atoms with Crippen LogP contribution in [0.5, 0.6) is 0 Å². The van der Waals surface area contributed by atoms with Crippen molar-refractivity contribution in [2.24, 2.45) is 0 Å². The molecule has 0 aromatic heterocycles. The molecule has 6 aromatic rings. The summed E-state index contributed by atoms with van der Waals surface area (Å²) in [6.45, 7) is 0. The molecule has 0 aliphatic heterocycles. The van der Waals surface area contributed by atoms with Gasteiger partial charge in [0.15, 0.2) is 0 Å². The van der Waals surface area contributed by atoms with E-state index < -0.39 is 0 Å². The van der Waals surface area contributed by atoms with Gasteiger partial charge in [0.2, 0.25) is 0 Å². The fourth-order valence-electron chi connectivity index (χ4n) is 4.62. The highest BCUT2D eigenvalue weighted by Crippen LogP contribution is 2.44. The third-order valence-corrected chi connectivity index (χ3v) is 6.71. The highest BCUT2D eigenvalue weighted by atomic mass is 79.9. The van der Waals surface area contributed by atoms with Crippen LogP contribution in [0.15, 0.2) is 93.9 Å². The Morgan fingerprint density at radius 2 is 0.714 bits per heavy atom. The second kappa shape index (κ2) is 6.04. The Kier molecular flexibility index (Phi) is 3.56. The molecule has 2 heteroatoms. The predicted octanol–water partition coefficient (Wildman–Crippen LogP) is 8.98. The van der Waals surface area contributed by atoms with Crippen molar-refractivity contribution in [2.75, 3.05) is 0 Å². The van der Waals surface area contributed by atoms with Crippen LogP contribution < -0.4 is 0 Å². The van der Waals surface area contributed by atoms with Crippen LogP contribution >= 0.6 is 31.9 Å². The van der Waals surface area contributed by atoms with E-state index in [4.69, 9.17) is 0 Å². The zero-order chi connectivity index (χ0) is 18.8. The van der Waals surface area contributed by atoms with Gasteiger partial charge in [0.05, 0.1) is 0 Å². The number of benzene rings is 6. The van der Waals surface area contributed by atoms with E-state index in [0.29, 0.717) is 0 Å². The minimum atomic E-state index is 1.11. The van der Waals surface area contributed by atoms with Crippen LogP contribution in [0.3, 0.4) is 0 Å². The Morgan fingerprint density at radius 3 is 1.14 bits per heavy atom. The first kappa shape index (κ1) is 16.5. The first-order chi connectivity index (χ1) is 13.7. The van der Waals surface area contributed by atoms with Gasteiger partial charge in [0, 0.05) is 8.95 Å². The molecule has 0 N–H and O–H groups in total. The number of rotatable bonds is 0. The molecule has 0 fully saturated rings. The van der Waals surface area contributed by atoms with Crippen LogP contribution in [0.4, 0.5) is 0 Å². The maximum Gasteiger partial charge on any atom is 0.0181 e. The molecule has 6 aromatic carbocycles. The summed E-state index contributed by atoms with van der Waals surface area (Å²) in [5, 5.41) is 13.1. The fraction of sp³-hybridized carbons (Fsp3) is 0. The summed E-state index contributed by atoms with van der Waals surface area (Å²) in [4.78, 5) is 0. The molecule has 0 heterocycles. The molecule has 0 aliphatic carbocycles. The van der Waals surface area contributed by atoms with Crippen molar-refractivity contribution in [3.8, 4) is 0 Å². The van der Waals surface area contributed by atoms with E-state index in [1.54, 1.807) is 0 Å². The average Bonchev–Trinajstić information content (AvgIpc) is 2.73. The lowest BCUT2D eigenvalue weighted by Gasteiger charge is -2.16. The first-order valence-electron chi connectivity index (χ1n) is 9.26. The molecule has 0 saturated heterocycles. The summed E-state index contributed by atoms with van der Waals surface area (Å²) >= 11 is 7.40. The molecule has 0 bridgehead atoms. The maximum atomic E-state index is 3.70. The van der Waals surface area contributed by atoms with Gasteiger partial charge in [-0.1, -0.05) is 92.5 Å². The van der Waals surface area contributed by atoms with Crippen molar-refractivity contribution in [3.63, 3.8) is 0 Å². The zero-order valence-corrected chi connectivity index (χ0v) is 18.0. The van der Waals surface area contributed by atoms with E-state index in [0.717, 1.165) is 8.95 Å². The summed E-state index contributed by atoms with van der Waals surface area (Å²) in [5.41, 5.74) is 0. The molecule has 0 aliphatic rings. The van der Waals surface area contributed by atoms with Gasteiger partial charge >= 0.3 is 0 Å². The van der Waals surface area contributed by atoms with E-state index in [9.17, 15) is 0 Å². The monoisotopic (exact) mass is 484 g/mol. The normalized spacial score (nSPS) is 11.9. The first-order valence-corrected chi connectivity index (χ1v) is 10.8. The number of fused-ring (bicyclic) bond motifs is 11. The van der Waals surface area contributed by atoms with E-state index in [2.05, 4.69) is 117 Å². The number of hydrogen-bond donors (Lipinski definition) is 0. The SMILES string of the molecule is Brc1ccc2c3ccc(Br)cc3c3c4ccccc4c4ccccc4c3c2c1. The minimum absolute atomic E-state index is 1.11. The van der Waals surface area contributed by atoms with E-state index >= 15 is 0 Å². The van der Waals surface area contributed by atoms with Gasteiger partial charge < -0.3 is 0 Å². The predicted molar refractivity (Wildman–Crippen MR) is 129 cm³/mol. The molecular weight excluding hydrogens is 472 g/mol. The molecule has 0 nitrogen and oxygen atoms in total. The van der Waals surface area contributed by atoms with Gasteiger partial charge in [-0.05, 0) is 78.1 Å². The molecule has 0 unspecified atom stereocenters. The molecule has 6 rings (SSSR count). The van der Waals surface area contributed by atoms with Gasteiger partial charge in [0.1, 0.15) is 0 Å². The summed E-state index contributed by atoms with van der Waals surface area (Å²) in [6.07, 6.45) is 0. The van der Waals surface area contributed by atoms with Gasteiger partial charge in [-0.2, -0.15) is 0 Å². The van der Waals surface area contributed by atoms with Crippen LogP contribution in [0.25, 0.3) is 53.9 Å². The molecule has 0 amide bonds. The van der Waals surface area contributed by atoms with Crippen molar-refractivity contribution >= 4 is 85.7 Å². The summed E-state index contributed by atoms with van der Waals surface area (Å²) in [7, 11) is 0. The standard InChI is InChI=1S/C26H14Br2/c27-15-9-11-19-20-12-10-16(28)14-24(20)26-22-8-4-2-6-18(22)17-5-1-3-7-21(17)25(26)23(19)13-15/h1-14H. The molecule has 28 heavy (non-hydrogen) atoms. The Hall–Kier alpha value is -2.42. The Morgan fingerprint density at radius 1 is 0.357 bits per heavy atom. The third kappa shape index (κ3) is 2.22. The van der Waals surface area contributed by atoms with E-state index in [1.807, 2.05) is 0 Å². The average molecular weight is 486 g/mol. The second-order valence-corrected chi connectivity index (χ2v) is 9.05. The zero-order valence-electron chi connectivity index (χ0n) is 14.8. The molecule has 0 atom stereocenters. The summed E-state index contributed by atoms with van der Waals surface area (Å²) in [5.74, 6) is 0. The van der Waals surface area contributed by atoms with Crippen LogP contribution in [-0.4, -0.2) is 0 Å². The largest absolute Gasteiger partial charge is 0.0616 e. The number of hydrogen-bond acceptors (Lipinski definition) is 0. The Bertz CT molecular complexity index is 1460. The minimum Gasteiger partial charge on any atom is -0.0616 e. The molecule has 0 radical (unpaired) electrons. The van der Waals surface area contributed by atoms with Crippen molar-refractivity contribution in [2.45, 2.75) is 0 Å². The summed E-state index contributed by atoms with van der Waals surface area (Å²) in [6, 6.07) is 30.8. The Labute approximate surface area is 179 Å². The second-order valence-electron chi connectivity index (χ2n) is 7.22. The van der Waals surface area contributed by atoms with Crippen LogP contribution in [0.1, 0.15) is 0 Å². The van der Waals surface area contributed by atoms with Gasteiger partial charge in [-0.15, -0.1) is 0 Å². The smallest absolute Gasteiger partial charge is 0.0181 e. The van der Waals surface area contributed by atoms with Gasteiger partial charge in [-0.3, -0.25) is 0 Å². The molecular formula is C26H14Br2.